The molecule has 5 rings (SSSR count). The quantitative estimate of drug-likeness (QED) is 0.0783. The number of esters is 2. The molecule has 1 unspecified atom stereocenters. The molecule has 0 saturated carbocycles. The number of halogens is 5. The number of carbonyl (C=O) groups excluding carboxylic acids is 4. The Morgan fingerprint density at radius 2 is 1.41 bits per heavy atom. The Bertz CT molecular complexity index is 2020. The van der Waals surface area contributed by atoms with Gasteiger partial charge in [0.15, 0.2) is 5.78 Å². The fraction of sp³-hybridized carbons (Fsp3) is 0.568. The highest BCUT2D eigenvalue weighted by molar-refractivity contribution is 5.98. The molecule has 1 amide bonds. The molecule has 0 radical (unpaired) electrons. The number of alkyl halides is 3. The number of ketones is 1. The maximum Gasteiger partial charge on any atom is 0.490 e. The minimum Gasteiger partial charge on any atom is -0.475 e. The highest BCUT2D eigenvalue weighted by Crippen LogP contribution is 2.43. The Labute approximate surface area is 370 Å². The number of aliphatic hydroxyl groups excluding tert-OH is 1. The van der Waals surface area contributed by atoms with Gasteiger partial charge >= 0.3 is 30.2 Å². The number of aliphatic hydroxyl groups is 1. The van der Waals surface area contributed by atoms with Crippen molar-refractivity contribution in [1.82, 2.24) is 5.32 Å². The molecule has 64 heavy (non-hydrogen) atoms. The molecule has 15 nitrogen and oxygen atoms in total. The lowest BCUT2D eigenvalue weighted by Gasteiger charge is -2.35. The predicted octanol–water partition coefficient (Wildman–Crippen LogP) is 6.95. The molecule has 358 valence electrons. The number of nitrogens with zero attached hydrogens (tertiary/aromatic N) is 2. The number of Topliss-reactive ketones (excluding diaryl/α,β-unsaturated/α-hetero) is 1. The van der Waals surface area contributed by atoms with Crippen LogP contribution in [0, 0.1) is 11.6 Å². The van der Waals surface area contributed by atoms with Crippen LogP contribution in [0.25, 0.3) is 5.57 Å². The summed E-state index contributed by atoms with van der Waals surface area (Å²) in [5.74, 6) is -4.95. The average molecular weight is 916 g/mol. The number of nitrogens with two attached hydrogens (primary N) is 2. The van der Waals surface area contributed by atoms with Crippen molar-refractivity contribution in [3.63, 3.8) is 0 Å². The largest absolute Gasteiger partial charge is 0.490 e. The van der Waals surface area contributed by atoms with Crippen LogP contribution in [0.2, 0.25) is 0 Å². The van der Waals surface area contributed by atoms with Crippen LogP contribution in [0.4, 0.5) is 43.8 Å². The van der Waals surface area contributed by atoms with Crippen molar-refractivity contribution in [3.8, 4) is 0 Å². The second kappa shape index (κ2) is 24.0. The van der Waals surface area contributed by atoms with E-state index in [9.17, 15) is 36.7 Å². The zero-order valence-electron chi connectivity index (χ0n) is 37.8. The summed E-state index contributed by atoms with van der Waals surface area (Å²) in [6.07, 6.45) is -2.22. The fourth-order valence-electron chi connectivity index (χ4n) is 6.79. The Balaban J connectivity index is 0.000000346. The molecule has 2 saturated heterocycles. The summed E-state index contributed by atoms with van der Waals surface area (Å²) in [5.41, 5.74) is 16.8. The van der Waals surface area contributed by atoms with Gasteiger partial charge in [0.1, 0.15) is 23.3 Å². The molecule has 2 aliphatic heterocycles. The zero-order valence-corrected chi connectivity index (χ0v) is 37.8. The monoisotopic (exact) mass is 915 g/mol. The number of fused-ring (bicyclic) bond motifs is 1. The number of carbonyl (C=O) groups is 5. The first-order valence-corrected chi connectivity index (χ1v) is 20.8. The van der Waals surface area contributed by atoms with E-state index in [1.54, 1.807) is 34.6 Å². The molecule has 2 aromatic rings. The van der Waals surface area contributed by atoms with E-state index in [1.807, 2.05) is 23.6 Å². The van der Waals surface area contributed by atoms with Gasteiger partial charge in [-0.05, 0) is 124 Å². The number of carboxylic acids is 1. The standard InChI is InChI=1S/C19H28FN3O4.C19H25FN2O2.C4H8O2.C2HF3O2/c1-5-26-17(24)13-9-14(20)16(10-15(13)21)23-8-6-7-12(11-23)22-18(25)27-19(2,3)4;1-4-24-19(23)15-9-16(20)18(22-7-5-6-13(21)10-22)17-12(3)11(2)8-14(15)17;1-3(5)4(2)6;3-2(4,5)1(6)7/h9-10,12H,5-8,11,21H2,1-4H3,(H,22,25);9,13H,4-8,10,21H2,1-3H3;3,5H,1-2H3;(H,6,7)/t12-;13-;;/m00../s1. The molecule has 20 heteroatoms. The van der Waals surface area contributed by atoms with Gasteiger partial charge in [0.2, 0.25) is 0 Å². The van der Waals surface area contributed by atoms with Gasteiger partial charge in [-0.25, -0.2) is 28.0 Å². The Morgan fingerprint density at radius 1 is 0.891 bits per heavy atom. The highest BCUT2D eigenvalue weighted by atomic mass is 19.4. The number of piperidine rings is 2. The van der Waals surface area contributed by atoms with Crippen LogP contribution < -0.4 is 26.6 Å². The first kappa shape index (κ1) is 54.6. The number of benzene rings is 2. The minimum atomic E-state index is -5.08. The average Bonchev–Trinajstić information content (AvgIpc) is 3.47. The predicted molar refractivity (Wildman–Crippen MR) is 231 cm³/mol. The summed E-state index contributed by atoms with van der Waals surface area (Å²) in [7, 11) is 0. The lowest BCUT2D eigenvalue weighted by molar-refractivity contribution is -0.192. The summed E-state index contributed by atoms with van der Waals surface area (Å²) in [6, 6.07) is 3.78. The van der Waals surface area contributed by atoms with Gasteiger partial charge < -0.3 is 51.0 Å². The number of amides is 1. The number of anilines is 3. The topological polar surface area (TPSA) is 224 Å². The van der Waals surface area contributed by atoms with Crippen LogP contribution in [-0.2, 0) is 30.2 Å². The van der Waals surface area contributed by atoms with Gasteiger partial charge in [-0.3, -0.25) is 4.79 Å². The van der Waals surface area contributed by atoms with Crippen molar-refractivity contribution < 1.29 is 70.3 Å². The number of alkyl carbamates (subject to hydrolysis) is 1. The molecule has 3 atom stereocenters. The number of nitrogens with one attached hydrogen (secondary N) is 1. The van der Waals surface area contributed by atoms with E-state index in [4.69, 9.17) is 40.7 Å². The van der Waals surface area contributed by atoms with Gasteiger partial charge in [-0.1, -0.05) is 5.57 Å². The maximum atomic E-state index is 15.0. The van der Waals surface area contributed by atoms with Crippen molar-refractivity contribution >= 4 is 52.4 Å². The molecule has 2 aromatic carbocycles. The minimum absolute atomic E-state index is 0.0125. The molecule has 2 heterocycles. The fourth-order valence-corrected chi connectivity index (χ4v) is 6.79. The van der Waals surface area contributed by atoms with E-state index in [1.165, 1.54) is 31.6 Å². The van der Waals surface area contributed by atoms with Gasteiger partial charge in [-0.2, -0.15) is 13.2 Å². The number of hydrogen-bond donors (Lipinski definition) is 5. The second-order valence-electron chi connectivity index (χ2n) is 16.4. The third-order valence-electron chi connectivity index (χ3n) is 10.0. The van der Waals surface area contributed by atoms with E-state index >= 15 is 4.39 Å². The number of allylic oxidation sites excluding steroid dienone is 2. The van der Waals surface area contributed by atoms with Crippen LogP contribution in [-0.4, -0.2) is 109 Å². The molecule has 0 aromatic heterocycles. The van der Waals surface area contributed by atoms with Crippen molar-refractivity contribution in [3.05, 3.63) is 57.7 Å². The van der Waals surface area contributed by atoms with Crippen molar-refractivity contribution in [2.24, 2.45) is 5.73 Å². The van der Waals surface area contributed by atoms with E-state index in [0.29, 0.717) is 43.0 Å². The number of ether oxygens (including phenoxy) is 3. The zero-order chi connectivity index (χ0) is 48.9. The third kappa shape index (κ3) is 16.2. The molecule has 0 bridgehead atoms. The Hall–Kier alpha value is -5.50. The summed E-state index contributed by atoms with van der Waals surface area (Å²) in [6.45, 7) is 18.6. The lowest BCUT2D eigenvalue weighted by atomic mass is 9.95. The number of nitrogen functional groups attached to an aromatic ring is 1. The summed E-state index contributed by atoms with van der Waals surface area (Å²) < 4.78 is 76.6. The van der Waals surface area contributed by atoms with Gasteiger partial charge in [0, 0.05) is 49.5 Å². The lowest BCUT2D eigenvalue weighted by Crippen LogP contribution is -2.49. The molecule has 0 spiro atoms. The maximum absolute atomic E-state index is 15.0. The van der Waals surface area contributed by atoms with Gasteiger partial charge in [-0.15, -0.1) is 0 Å². The molecule has 3 aliphatic rings. The SMILES string of the molecule is CC(=O)C(C)O.CCOC(=O)c1cc(F)c(N2CCC[C@H](N)C2)c2c1CC(C)=C2C.CCOC(=O)c1cc(F)c(N2CCC[C@H](NC(=O)OC(C)(C)C)C2)cc1N.O=C(O)C(F)(F)F. The van der Waals surface area contributed by atoms with Crippen LogP contribution in [0.5, 0.6) is 0 Å². The smallest absolute Gasteiger partial charge is 0.475 e. The first-order chi connectivity index (χ1) is 29.6. The number of hydrogen-bond acceptors (Lipinski definition) is 13. The Morgan fingerprint density at radius 3 is 1.91 bits per heavy atom. The second-order valence-corrected chi connectivity index (χ2v) is 16.4. The van der Waals surface area contributed by atoms with Crippen LogP contribution in [0.1, 0.15) is 120 Å². The molecular formula is C44H62F5N5O10. The summed E-state index contributed by atoms with van der Waals surface area (Å²) >= 11 is 0. The van der Waals surface area contributed by atoms with Gasteiger partial charge in [0.25, 0.3) is 0 Å². The van der Waals surface area contributed by atoms with Crippen LogP contribution in [0.3, 0.4) is 0 Å². The first-order valence-electron chi connectivity index (χ1n) is 20.8. The van der Waals surface area contributed by atoms with Crippen molar-refractivity contribution in [2.75, 3.05) is 54.9 Å². The molecule has 1 aliphatic carbocycles. The van der Waals surface area contributed by atoms with Gasteiger partial charge in [0.05, 0.1) is 35.7 Å². The Kier molecular flexibility index (Phi) is 20.5. The highest BCUT2D eigenvalue weighted by Gasteiger charge is 2.38. The van der Waals surface area contributed by atoms with Crippen molar-refractivity contribution in [2.45, 2.75) is 124 Å². The van der Waals surface area contributed by atoms with Crippen molar-refractivity contribution in [1.29, 1.82) is 0 Å². The third-order valence-corrected chi connectivity index (χ3v) is 10.0. The molecule has 7 N–H and O–H groups in total. The summed E-state index contributed by atoms with van der Waals surface area (Å²) in [5, 5.41) is 18.2. The molecule has 2 fully saturated rings. The van der Waals surface area contributed by atoms with E-state index in [0.717, 1.165) is 55.0 Å². The number of carboxylic acid groups (broad SMARTS) is 1. The number of aliphatic carboxylic acids is 1. The number of rotatable bonds is 8. The van der Waals surface area contributed by atoms with Crippen LogP contribution >= 0.6 is 0 Å². The summed E-state index contributed by atoms with van der Waals surface area (Å²) in [4.78, 5) is 58.7. The van der Waals surface area contributed by atoms with Crippen LogP contribution in [0.15, 0.2) is 23.8 Å². The van der Waals surface area contributed by atoms with E-state index < -0.39 is 47.7 Å². The normalized spacial score (nSPS) is 17.5. The van der Waals surface area contributed by atoms with E-state index in [-0.39, 0.29) is 48.1 Å². The van der Waals surface area contributed by atoms with E-state index in [2.05, 4.69) is 5.32 Å². The molecular weight excluding hydrogens is 853 g/mol.